The van der Waals surface area contributed by atoms with Gasteiger partial charge in [-0.15, -0.1) is 6.42 Å². The predicted molar refractivity (Wildman–Crippen MR) is 76.3 cm³/mol. The van der Waals surface area contributed by atoms with Gasteiger partial charge in [0.05, 0.1) is 11.1 Å². The van der Waals surface area contributed by atoms with Crippen molar-refractivity contribution < 1.29 is 19.1 Å². The molecule has 0 aliphatic carbocycles. The van der Waals surface area contributed by atoms with Gasteiger partial charge in [-0.3, -0.25) is 0 Å². The highest BCUT2D eigenvalue weighted by atomic mass is 16.7. The second-order valence-corrected chi connectivity index (χ2v) is 4.04. The van der Waals surface area contributed by atoms with E-state index in [1.807, 2.05) is 0 Å². The molecule has 0 atom stereocenters. The SMILES string of the molecule is C#CC(OC(=O)c1ccccc1)OC(=O)c1ccccc1. The molecule has 0 radical (unpaired) electrons. The van der Waals surface area contributed by atoms with Crippen molar-refractivity contribution in [3.8, 4) is 12.3 Å². The van der Waals surface area contributed by atoms with Crippen LogP contribution >= 0.6 is 0 Å². The second-order valence-electron chi connectivity index (χ2n) is 4.04. The Morgan fingerprint density at radius 1 is 0.810 bits per heavy atom. The van der Waals surface area contributed by atoms with Crippen molar-refractivity contribution in [2.24, 2.45) is 0 Å². The second kappa shape index (κ2) is 6.92. The van der Waals surface area contributed by atoms with Gasteiger partial charge in [-0.25, -0.2) is 9.59 Å². The van der Waals surface area contributed by atoms with Crippen molar-refractivity contribution >= 4 is 11.9 Å². The Hall–Kier alpha value is -3.06. The quantitative estimate of drug-likeness (QED) is 0.491. The first kappa shape index (κ1) is 14.4. The molecule has 0 aliphatic rings. The Morgan fingerprint density at radius 2 is 1.19 bits per heavy atom. The van der Waals surface area contributed by atoms with Crippen LogP contribution in [-0.2, 0) is 9.47 Å². The topological polar surface area (TPSA) is 52.6 Å². The lowest BCUT2D eigenvalue weighted by Crippen LogP contribution is -2.23. The Bertz CT molecular complexity index is 603. The average molecular weight is 280 g/mol. The standard InChI is InChI=1S/C17H12O4/c1-2-15(20-16(18)13-9-5-3-6-10-13)21-17(19)14-11-7-4-8-12-14/h1,3-12,15H. The largest absolute Gasteiger partial charge is 0.410 e. The molecule has 0 fully saturated rings. The number of ether oxygens (including phenoxy) is 2. The minimum atomic E-state index is -1.37. The highest BCUT2D eigenvalue weighted by molar-refractivity contribution is 5.91. The van der Waals surface area contributed by atoms with Crippen LogP contribution in [0.4, 0.5) is 0 Å². The van der Waals surface area contributed by atoms with E-state index in [1.165, 1.54) is 0 Å². The van der Waals surface area contributed by atoms with Gasteiger partial charge < -0.3 is 9.47 Å². The third kappa shape index (κ3) is 3.95. The molecule has 0 N–H and O–H groups in total. The maximum atomic E-state index is 11.8. The van der Waals surface area contributed by atoms with E-state index in [0.29, 0.717) is 11.1 Å². The van der Waals surface area contributed by atoms with E-state index in [1.54, 1.807) is 60.7 Å². The van der Waals surface area contributed by atoms with Crippen LogP contribution in [0.5, 0.6) is 0 Å². The van der Waals surface area contributed by atoms with Crippen molar-refractivity contribution in [3.63, 3.8) is 0 Å². The molecule has 2 aromatic rings. The van der Waals surface area contributed by atoms with Gasteiger partial charge in [0, 0.05) is 0 Å². The Kier molecular flexibility index (Phi) is 4.73. The van der Waals surface area contributed by atoms with Crippen LogP contribution in [0.3, 0.4) is 0 Å². The highest BCUT2D eigenvalue weighted by Gasteiger charge is 2.18. The maximum Gasteiger partial charge on any atom is 0.341 e. The molecule has 0 bridgehead atoms. The molecule has 2 aromatic carbocycles. The Labute approximate surface area is 122 Å². The fourth-order valence-electron chi connectivity index (χ4n) is 1.57. The maximum absolute atomic E-state index is 11.8. The predicted octanol–water partition coefficient (Wildman–Crippen LogP) is 2.66. The number of carbonyl (C=O) groups excluding carboxylic acids is 2. The van der Waals surface area contributed by atoms with E-state index in [-0.39, 0.29) is 0 Å². The van der Waals surface area contributed by atoms with Crippen LogP contribution < -0.4 is 0 Å². The number of benzene rings is 2. The summed E-state index contributed by atoms with van der Waals surface area (Å²) in [6.45, 7) is 0. The van der Waals surface area contributed by atoms with Crippen LogP contribution in [0.1, 0.15) is 20.7 Å². The molecule has 104 valence electrons. The van der Waals surface area contributed by atoms with E-state index in [2.05, 4.69) is 5.92 Å². The number of rotatable bonds is 4. The molecule has 0 saturated carbocycles. The van der Waals surface area contributed by atoms with Crippen LogP contribution in [0.25, 0.3) is 0 Å². The van der Waals surface area contributed by atoms with E-state index in [4.69, 9.17) is 15.9 Å². The van der Waals surface area contributed by atoms with Gasteiger partial charge in [0.1, 0.15) is 0 Å². The summed E-state index contributed by atoms with van der Waals surface area (Å²) in [5.41, 5.74) is 0.655. The zero-order chi connectivity index (χ0) is 15.1. The first-order chi connectivity index (χ1) is 10.2. The summed E-state index contributed by atoms with van der Waals surface area (Å²) >= 11 is 0. The average Bonchev–Trinajstić information content (AvgIpc) is 2.55. The first-order valence-electron chi connectivity index (χ1n) is 6.19. The van der Waals surface area contributed by atoms with Crippen LogP contribution in [0.2, 0.25) is 0 Å². The van der Waals surface area contributed by atoms with Crippen LogP contribution in [-0.4, -0.2) is 18.2 Å². The third-order valence-corrected chi connectivity index (χ3v) is 2.58. The van der Waals surface area contributed by atoms with Crippen molar-refractivity contribution in [3.05, 3.63) is 71.8 Å². The van der Waals surface area contributed by atoms with Gasteiger partial charge in [-0.1, -0.05) is 36.4 Å². The van der Waals surface area contributed by atoms with Gasteiger partial charge in [-0.05, 0) is 30.2 Å². The van der Waals surface area contributed by atoms with Gasteiger partial charge >= 0.3 is 18.2 Å². The van der Waals surface area contributed by atoms with Crippen molar-refractivity contribution in [2.75, 3.05) is 0 Å². The van der Waals surface area contributed by atoms with Gasteiger partial charge in [0.2, 0.25) is 0 Å². The summed E-state index contributed by atoms with van der Waals surface area (Å²) < 4.78 is 9.92. The highest BCUT2D eigenvalue weighted by Crippen LogP contribution is 2.08. The molecule has 0 aromatic heterocycles. The molecule has 0 spiro atoms. The molecule has 4 heteroatoms. The zero-order valence-corrected chi connectivity index (χ0v) is 11.1. The van der Waals surface area contributed by atoms with E-state index in [0.717, 1.165) is 0 Å². The fourth-order valence-corrected chi connectivity index (χ4v) is 1.57. The van der Waals surface area contributed by atoms with Crippen LogP contribution in [0.15, 0.2) is 60.7 Å². The molecule has 0 amide bonds. The molecule has 0 aliphatic heterocycles. The molecule has 4 nitrogen and oxygen atoms in total. The van der Waals surface area contributed by atoms with E-state index < -0.39 is 18.2 Å². The van der Waals surface area contributed by atoms with Gasteiger partial charge in [0.25, 0.3) is 0 Å². The molecule has 0 saturated heterocycles. The number of esters is 2. The minimum absolute atomic E-state index is 0.327. The van der Waals surface area contributed by atoms with Crippen LogP contribution in [0, 0.1) is 12.3 Å². The molecule has 21 heavy (non-hydrogen) atoms. The first-order valence-corrected chi connectivity index (χ1v) is 6.19. The number of carbonyl (C=O) groups is 2. The fraction of sp³-hybridized carbons (Fsp3) is 0.0588. The normalized spacial score (nSPS) is 9.71. The zero-order valence-electron chi connectivity index (χ0n) is 11.1. The number of hydrogen-bond donors (Lipinski definition) is 0. The Morgan fingerprint density at radius 3 is 1.52 bits per heavy atom. The van der Waals surface area contributed by atoms with Crippen molar-refractivity contribution in [1.82, 2.24) is 0 Å². The molecular formula is C17H12O4. The van der Waals surface area contributed by atoms with E-state index in [9.17, 15) is 9.59 Å². The minimum Gasteiger partial charge on any atom is -0.410 e. The summed E-state index contributed by atoms with van der Waals surface area (Å²) in [4.78, 5) is 23.6. The third-order valence-electron chi connectivity index (χ3n) is 2.58. The molecule has 2 rings (SSSR count). The Balaban J connectivity index is 2.00. The monoisotopic (exact) mass is 280 g/mol. The summed E-state index contributed by atoms with van der Waals surface area (Å²) in [5.74, 6) is 0.811. The lowest BCUT2D eigenvalue weighted by Gasteiger charge is -2.13. The smallest absolute Gasteiger partial charge is 0.341 e. The number of terminal acetylenes is 1. The number of hydrogen-bond acceptors (Lipinski definition) is 4. The van der Waals surface area contributed by atoms with E-state index >= 15 is 0 Å². The lowest BCUT2D eigenvalue weighted by molar-refractivity contribution is -0.0496. The summed E-state index contributed by atoms with van der Waals surface area (Å²) in [6, 6.07) is 16.6. The molecule has 0 unspecified atom stereocenters. The van der Waals surface area contributed by atoms with Crippen molar-refractivity contribution in [1.29, 1.82) is 0 Å². The van der Waals surface area contributed by atoms with Crippen molar-refractivity contribution in [2.45, 2.75) is 6.29 Å². The molecular weight excluding hydrogens is 268 g/mol. The van der Waals surface area contributed by atoms with Gasteiger partial charge in [-0.2, -0.15) is 0 Å². The summed E-state index contributed by atoms with van der Waals surface area (Å²) in [5, 5.41) is 0. The summed E-state index contributed by atoms with van der Waals surface area (Å²) in [7, 11) is 0. The van der Waals surface area contributed by atoms with Gasteiger partial charge in [0.15, 0.2) is 0 Å². The summed E-state index contributed by atoms with van der Waals surface area (Å²) in [6.07, 6.45) is 3.85. The molecule has 0 heterocycles. The lowest BCUT2D eigenvalue weighted by atomic mass is 10.2.